The van der Waals surface area contributed by atoms with Crippen LogP contribution in [0.1, 0.15) is 45.1 Å². The molecular formula is C18H26N2O. The Morgan fingerprint density at radius 1 is 1.19 bits per heavy atom. The Morgan fingerprint density at radius 2 is 1.81 bits per heavy atom. The van der Waals surface area contributed by atoms with Crippen LogP contribution in [0.4, 0.5) is 0 Å². The first-order valence-electron chi connectivity index (χ1n) is 8.14. The molecule has 2 aliphatic rings. The molecule has 0 aromatic heterocycles. The Hall–Kier alpha value is -1.35. The number of piperidine rings is 1. The number of rotatable bonds is 4. The van der Waals surface area contributed by atoms with Crippen molar-refractivity contribution in [2.24, 2.45) is 5.41 Å². The van der Waals surface area contributed by atoms with Gasteiger partial charge in [-0.3, -0.25) is 4.79 Å². The van der Waals surface area contributed by atoms with Gasteiger partial charge >= 0.3 is 0 Å². The van der Waals surface area contributed by atoms with Crippen molar-refractivity contribution in [2.45, 2.75) is 64.1 Å². The van der Waals surface area contributed by atoms with Gasteiger partial charge in [-0.25, -0.2) is 0 Å². The Labute approximate surface area is 127 Å². The van der Waals surface area contributed by atoms with Crippen molar-refractivity contribution in [3.8, 4) is 0 Å². The molecule has 2 unspecified atom stereocenters. The summed E-state index contributed by atoms with van der Waals surface area (Å²) in [5, 5.41) is 6.92. The molecule has 2 saturated heterocycles. The average Bonchev–Trinajstić information content (AvgIpc) is 2.78. The molecule has 2 heterocycles. The highest BCUT2D eigenvalue weighted by atomic mass is 16.2. The van der Waals surface area contributed by atoms with Crippen molar-refractivity contribution in [1.29, 1.82) is 0 Å². The van der Waals surface area contributed by atoms with Gasteiger partial charge in [0, 0.05) is 23.5 Å². The van der Waals surface area contributed by atoms with Crippen molar-refractivity contribution in [2.75, 3.05) is 0 Å². The first-order valence-corrected chi connectivity index (χ1v) is 8.14. The van der Waals surface area contributed by atoms with E-state index in [1.165, 1.54) is 18.4 Å². The fraction of sp³-hybridized carbons (Fsp3) is 0.611. The Kier molecular flexibility index (Phi) is 4.03. The fourth-order valence-electron chi connectivity index (χ4n) is 3.74. The third kappa shape index (κ3) is 3.46. The van der Waals surface area contributed by atoms with E-state index in [1.807, 2.05) is 32.0 Å². The normalized spacial score (nSPS) is 28.4. The van der Waals surface area contributed by atoms with Gasteiger partial charge in [-0.1, -0.05) is 44.2 Å². The van der Waals surface area contributed by atoms with E-state index < -0.39 is 0 Å². The van der Waals surface area contributed by atoms with E-state index in [0.29, 0.717) is 18.1 Å². The van der Waals surface area contributed by atoms with E-state index >= 15 is 0 Å². The lowest BCUT2D eigenvalue weighted by molar-refractivity contribution is -0.130. The monoisotopic (exact) mass is 286 g/mol. The number of hydrogen-bond acceptors (Lipinski definition) is 2. The maximum Gasteiger partial charge on any atom is 0.226 e. The van der Waals surface area contributed by atoms with Crippen LogP contribution in [0.25, 0.3) is 0 Å². The zero-order valence-electron chi connectivity index (χ0n) is 13.1. The number of fused-ring (bicyclic) bond motifs is 2. The topological polar surface area (TPSA) is 41.1 Å². The first kappa shape index (κ1) is 14.6. The molecule has 0 radical (unpaired) electrons. The average molecular weight is 286 g/mol. The highest BCUT2D eigenvalue weighted by Gasteiger charge is 2.36. The minimum absolute atomic E-state index is 0.192. The van der Waals surface area contributed by atoms with Crippen LogP contribution in [0.2, 0.25) is 0 Å². The van der Waals surface area contributed by atoms with E-state index in [4.69, 9.17) is 0 Å². The van der Waals surface area contributed by atoms with Gasteiger partial charge in [0.05, 0.1) is 0 Å². The second kappa shape index (κ2) is 5.80. The van der Waals surface area contributed by atoms with Crippen LogP contribution in [-0.4, -0.2) is 24.0 Å². The number of amides is 1. The molecule has 2 bridgehead atoms. The minimum Gasteiger partial charge on any atom is -0.353 e. The van der Waals surface area contributed by atoms with Gasteiger partial charge in [0.25, 0.3) is 0 Å². The van der Waals surface area contributed by atoms with Gasteiger partial charge < -0.3 is 10.6 Å². The number of carbonyl (C=O) groups excluding carboxylic acids is 1. The summed E-state index contributed by atoms with van der Waals surface area (Å²) in [6, 6.07) is 11.9. The third-order valence-electron chi connectivity index (χ3n) is 4.91. The summed E-state index contributed by atoms with van der Waals surface area (Å²) in [7, 11) is 0. The van der Waals surface area contributed by atoms with Crippen molar-refractivity contribution in [3.05, 3.63) is 35.9 Å². The lowest BCUT2D eigenvalue weighted by atomic mass is 9.84. The van der Waals surface area contributed by atoms with Gasteiger partial charge in [0.2, 0.25) is 5.91 Å². The first-order chi connectivity index (χ1) is 10.0. The molecule has 2 N–H and O–H groups in total. The van der Waals surface area contributed by atoms with E-state index in [1.54, 1.807) is 0 Å². The summed E-state index contributed by atoms with van der Waals surface area (Å²) < 4.78 is 0. The smallest absolute Gasteiger partial charge is 0.226 e. The van der Waals surface area contributed by atoms with Crippen LogP contribution in [0.5, 0.6) is 0 Å². The second-order valence-electron chi connectivity index (χ2n) is 7.33. The fourth-order valence-corrected chi connectivity index (χ4v) is 3.74. The maximum absolute atomic E-state index is 12.6. The van der Waals surface area contributed by atoms with Crippen LogP contribution < -0.4 is 10.6 Å². The van der Waals surface area contributed by atoms with Crippen LogP contribution in [0, 0.1) is 5.41 Å². The molecule has 0 spiro atoms. The summed E-state index contributed by atoms with van der Waals surface area (Å²) in [5.41, 5.74) is 0.869. The van der Waals surface area contributed by atoms with Crippen molar-refractivity contribution < 1.29 is 4.79 Å². The van der Waals surface area contributed by atoms with Crippen LogP contribution >= 0.6 is 0 Å². The highest BCUT2D eigenvalue weighted by molar-refractivity contribution is 5.82. The molecule has 2 fully saturated rings. The molecule has 2 aliphatic heterocycles. The number of carbonyl (C=O) groups is 1. The molecule has 2 atom stereocenters. The third-order valence-corrected chi connectivity index (χ3v) is 4.91. The van der Waals surface area contributed by atoms with Gasteiger partial charge in [-0.2, -0.15) is 0 Å². The van der Waals surface area contributed by atoms with E-state index in [-0.39, 0.29) is 11.3 Å². The quantitative estimate of drug-likeness (QED) is 0.893. The summed E-state index contributed by atoms with van der Waals surface area (Å²) >= 11 is 0. The zero-order valence-corrected chi connectivity index (χ0v) is 13.1. The Balaban J connectivity index is 1.59. The van der Waals surface area contributed by atoms with Crippen molar-refractivity contribution in [1.82, 2.24) is 10.6 Å². The van der Waals surface area contributed by atoms with Crippen molar-refractivity contribution >= 4 is 5.91 Å². The standard InChI is InChI=1S/C18H26N2O/c1-18(2,12-13-6-4-3-5-7-13)17(21)20-16-10-14-8-9-15(11-16)19-14/h3-7,14-16,19H,8-12H2,1-2H3,(H,20,21). The molecule has 1 aromatic rings. The van der Waals surface area contributed by atoms with Crippen LogP contribution in [0.3, 0.4) is 0 Å². The van der Waals surface area contributed by atoms with Gasteiger partial charge in [0.1, 0.15) is 0 Å². The van der Waals surface area contributed by atoms with Crippen LogP contribution in [0.15, 0.2) is 30.3 Å². The molecular weight excluding hydrogens is 260 g/mol. The summed E-state index contributed by atoms with van der Waals surface area (Å²) in [6.45, 7) is 4.09. The molecule has 1 aromatic carbocycles. The summed E-state index contributed by atoms with van der Waals surface area (Å²) in [5.74, 6) is 0.192. The maximum atomic E-state index is 12.6. The molecule has 3 rings (SSSR count). The molecule has 3 nitrogen and oxygen atoms in total. The number of nitrogens with one attached hydrogen (secondary N) is 2. The highest BCUT2D eigenvalue weighted by Crippen LogP contribution is 2.28. The number of hydrogen-bond donors (Lipinski definition) is 2. The zero-order chi connectivity index (χ0) is 14.9. The second-order valence-corrected chi connectivity index (χ2v) is 7.33. The molecule has 1 amide bonds. The Bertz CT molecular complexity index is 485. The van der Waals surface area contributed by atoms with E-state index in [0.717, 1.165) is 19.3 Å². The molecule has 114 valence electrons. The van der Waals surface area contributed by atoms with Gasteiger partial charge in [0.15, 0.2) is 0 Å². The van der Waals surface area contributed by atoms with Crippen molar-refractivity contribution in [3.63, 3.8) is 0 Å². The van der Waals surface area contributed by atoms with E-state index in [2.05, 4.69) is 22.8 Å². The van der Waals surface area contributed by atoms with Crippen LogP contribution in [-0.2, 0) is 11.2 Å². The molecule has 3 heteroatoms. The summed E-state index contributed by atoms with van der Waals surface area (Å²) in [6.07, 6.45) is 5.50. The molecule has 0 aliphatic carbocycles. The SMILES string of the molecule is CC(C)(Cc1ccccc1)C(=O)NC1CC2CCC(C1)N2. The van der Waals surface area contributed by atoms with Gasteiger partial charge in [-0.15, -0.1) is 0 Å². The van der Waals surface area contributed by atoms with Gasteiger partial charge in [-0.05, 0) is 37.7 Å². The minimum atomic E-state index is -0.356. The lowest BCUT2D eigenvalue weighted by Crippen LogP contribution is -2.51. The number of benzene rings is 1. The lowest BCUT2D eigenvalue weighted by Gasteiger charge is -2.33. The predicted molar refractivity (Wildman–Crippen MR) is 85.0 cm³/mol. The molecule has 0 saturated carbocycles. The largest absolute Gasteiger partial charge is 0.353 e. The van der Waals surface area contributed by atoms with E-state index in [9.17, 15) is 4.79 Å². The molecule has 21 heavy (non-hydrogen) atoms. The summed E-state index contributed by atoms with van der Waals surface area (Å²) in [4.78, 5) is 12.6. The Morgan fingerprint density at radius 3 is 2.43 bits per heavy atom. The predicted octanol–water partition coefficient (Wildman–Crippen LogP) is 2.65.